The number of carbonyl (C=O) groups is 1. The van der Waals surface area contributed by atoms with E-state index in [2.05, 4.69) is 24.1 Å². The van der Waals surface area contributed by atoms with Crippen LogP contribution in [-0.4, -0.2) is 29.0 Å². The first-order chi connectivity index (χ1) is 16.0. The molecule has 5 heteroatoms. The largest absolute Gasteiger partial charge is 0.544 e. The minimum absolute atomic E-state index is 0.0612. The van der Waals surface area contributed by atoms with Crippen molar-refractivity contribution in [3.8, 4) is 0 Å². The van der Waals surface area contributed by atoms with Crippen LogP contribution in [0.3, 0.4) is 0 Å². The van der Waals surface area contributed by atoms with E-state index in [4.69, 9.17) is 5.73 Å². The first-order valence-electron chi connectivity index (χ1n) is 13.8. The van der Waals surface area contributed by atoms with Crippen LogP contribution in [0.25, 0.3) is 0 Å². The molecule has 0 aromatic rings. The molecule has 2 unspecified atom stereocenters. The third-order valence-electron chi connectivity index (χ3n) is 6.85. The summed E-state index contributed by atoms with van der Waals surface area (Å²) in [6.45, 7) is 3.93. The summed E-state index contributed by atoms with van der Waals surface area (Å²) in [7, 11) is 0. The average molecular weight is 462 g/mol. The Hall–Kier alpha value is -1.46. The van der Waals surface area contributed by atoms with Crippen molar-refractivity contribution < 1.29 is 14.4 Å². The molecule has 1 heterocycles. The number of rotatable bonds is 22. The molecule has 0 aliphatic carbocycles. The Labute approximate surface area is 203 Å². The lowest BCUT2D eigenvalue weighted by molar-refractivity contribution is -0.807. The number of hydrogen-bond donors (Lipinski definition) is 1. The summed E-state index contributed by atoms with van der Waals surface area (Å²) in [5.41, 5.74) is 6.07. The van der Waals surface area contributed by atoms with Crippen LogP contribution in [-0.2, 0) is 4.79 Å². The van der Waals surface area contributed by atoms with Gasteiger partial charge in [0.05, 0.1) is 18.6 Å². The van der Waals surface area contributed by atoms with Gasteiger partial charge in [-0.15, -0.1) is 0 Å². The molecular weight excluding hydrogens is 410 g/mol. The lowest BCUT2D eigenvalue weighted by Gasteiger charge is -2.35. The fourth-order valence-electron chi connectivity index (χ4n) is 4.64. The van der Waals surface area contributed by atoms with Crippen LogP contribution < -0.4 is 10.8 Å². The number of carbonyl (C=O) groups excluding carboxylic acids is 1. The highest BCUT2D eigenvalue weighted by Gasteiger charge is 2.38. The zero-order valence-corrected chi connectivity index (χ0v) is 21.6. The molecular formula is C28H51N3O2. The van der Waals surface area contributed by atoms with E-state index in [1.165, 1.54) is 103 Å². The molecule has 1 aliphatic heterocycles. The van der Waals surface area contributed by atoms with E-state index in [0.717, 1.165) is 12.3 Å². The monoisotopic (exact) mass is 461 g/mol. The van der Waals surface area contributed by atoms with Crippen molar-refractivity contribution in [1.82, 2.24) is 0 Å². The van der Waals surface area contributed by atoms with Crippen LogP contribution in [0.4, 0.5) is 0 Å². The molecule has 1 rings (SSSR count). The minimum atomic E-state index is -1.11. The molecule has 0 saturated carbocycles. The number of aliphatic carboxylic acids is 1. The average Bonchev–Trinajstić information content (AvgIpc) is 3.18. The molecule has 1 aliphatic rings. The van der Waals surface area contributed by atoms with Crippen LogP contribution in [0.15, 0.2) is 29.5 Å². The summed E-state index contributed by atoms with van der Waals surface area (Å²) in [6.07, 6.45) is 31.2. The number of amidine groups is 1. The molecule has 2 atom stereocenters. The Morgan fingerprint density at radius 3 is 1.85 bits per heavy atom. The van der Waals surface area contributed by atoms with Gasteiger partial charge in [0.15, 0.2) is 0 Å². The summed E-state index contributed by atoms with van der Waals surface area (Å²) >= 11 is 0. The van der Waals surface area contributed by atoms with E-state index in [1.54, 1.807) is 12.4 Å². The van der Waals surface area contributed by atoms with E-state index >= 15 is 0 Å². The first-order valence-corrected chi connectivity index (χ1v) is 13.8. The van der Waals surface area contributed by atoms with E-state index in [1.807, 2.05) is 6.92 Å². The molecule has 0 amide bonds. The maximum absolute atomic E-state index is 11.2. The minimum Gasteiger partial charge on any atom is -0.544 e. The Morgan fingerprint density at radius 2 is 1.39 bits per heavy atom. The Bertz CT molecular complexity index is 598. The van der Waals surface area contributed by atoms with Gasteiger partial charge in [-0.2, -0.15) is 0 Å². The fourth-order valence-corrected chi connectivity index (χ4v) is 4.64. The van der Waals surface area contributed by atoms with Crippen molar-refractivity contribution >= 4 is 11.8 Å². The van der Waals surface area contributed by atoms with Crippen LogP contribution >= 0.6 is 0 Å². The number of unbranched alkanes of at least 4 members (excludes halogenated alkanes) is 16. The third kappa shape index (κ3) is 13.1. The van der Waals surface area contributed by atoms with E-state index in [-0.39, 0.29) is 17.2 Å². The maximum atomic E-state index is 11.2. The maximum Gasteiger partial charge on any atom is 0.213 e. The lowest BCUT2D eigenvalue weighted by atomic mass is 10.0. The lowest BCUT2D eigenvalue weighted by Crippen LogP contribution is -2.60. The Kier molecular flexibility index (Phi) is 16.9. The quantitative estimate of drug-likeness (QED) is 0.116. The fraction of sp³-hybridized carbons (Fsp3) is 0.786. The molecule has 0 radical (unpaired) electrons. The summed E-state index contributed by atoms with van der Waals surface area (Å²) in [5.74, 6) is -0.332. The van der Waals surface area contributed by atoms with Gasteiger partial charge in [-0.3, -0.25) is 5.73 Å². The van der Waals surface area contributed by atoms with Crippen LogP contribution in [0.2, 0.25) is 0 Å². The topological polar surface area (TPSA) is 78.5 Å². The normalized spacial score (nSPS) is 18.8. The zero-order valence-electron chi connectivity index (χ0n) is 21.6. The van der Waals surface area contributed by atoms with Gasteiger partial charge in [0.1, 0.15) is 18.9 Å². The number of hydrogen-bond acceptors (Lipinski definition) is 4. The smallest absolute Gasteiger partial charge is 0.213 e. The predicted molar refractivity (Wildman–Crippen MR) is 138 cm³/mol. The second-order valence-electron chi connectivity index (χ2n) is 9.81. The van der Waals surface area contributed by atoms with Crippen molar-refractivity contribution in [1.29, 1.82) is 0 Å². The summed E-state index contributed by atoms with van der Waals surface area (Å²) in [5, 5.41) is 11.2. The highest BCUT2D eigenvalue weighted by atomic mass is 16.4. The van der Waals surface area contributed by atoms with Gasteiger partial charge in [-0.25, -0.2) is 9.48 Å². The van der Waals surface area contributed by atoms with Crippen molar-refractivity contribution in [3.05, 3.63) is 24.6 Å². The SMILES string of the molecule is CCCCCCCCCCCCCCCCCC/C=C/CC1=NC=C[N+]1(CC(=O)[O-])C(C)N. The highest BCUT2D eigenvalue weighted by Crippen LogP contribution is 2.22. The van der Waals surface area contributed by atoms with Crippen molar-refractivity contribution in [2.45, 2.75) is 136 Å². The molecule has 0 bridgehead atoms. The molecule has 0 aromatic carbocycles. The second-order valence-corrected chi connectivity index (χ2v) is 9.81. The van der Waals surface area contributed by atoms with Crippen LogP contribution in [0.1, 0.15) is 129 Å². The number of nitrogens with zero attached hydrogens (tertiary/aromatic N) is 2. The van der Waals surface area contributed by atoms with Gasteiger partial charge in [0, 0.05) is 6.92 Å². The molecule has 2 N–H and O–H groups in total. The highest BCUT2D eigenvalue weighted by molar-refractivity contribution is 5.82. The number of carboxylic acid groups (broad SMARTS) is 1. The number of aliphatic imine (C=N–C) groups is 1. The second kappa shape index (κ2) is 18.9. The molecule has 33 heavy (non-hydrogen) atoms. The van der Waals surface area contributed by atoms with Crippen molar-refractivity contribution in [3.63, 3.8) is 0 Å². The summed E-state index contributed by atoms with van der Waals surface area (Å²) in [6, 6.07) is 0. The van der Waals surface area contributed by atoms with Crippen molar-refractivity contribution in [2.75, 3.05) is 6.54 Å². The Balaban J connectivity index is 1.95. The number of nitrogens with two attached hydrogens (primary N) is 1. The zero-order chi connectivity index (χ0) is 24.2. The van der Waals surface area contributed by atoms with Gasteiger partial charge < -0.3 is 9.90 Å². The van der Waals surface area contributed by atoms with E-state index < -0.39 is 5.97 Å². The van der Waals surface area contributed by atoms with Gasteiger partial charge in [0.2, 0.25) is 5.84 Å². The molecule has 0 fully saturated rings. The van der Waals surface area contributed by atoms with E-state index in [0.29, 0.717) is 6.42 Å². The standard InChI is InChI=1S/C28H51N3O2/c1-3-4-5-6-7-8-9-10-11-12-13-14-15-16-17-18-19-20-21-22-27-30-23-24-31(27,26(2)29)25-28(32)33/h20-21,23-24,26H,3-19,22,25,29H2,1-2H3/b21-20+. The third-order valence-corrected chi connectivity index (χ3v) is 6.85. The predicted octanol–water partition coefficient (Wildman–Crippen LogP) is 6.34. The van der Waals surface area contributed by atoms with Gasteiger partial charge >= 0.3 is 0 Å². The van der Waals surface area contributed by atoms with Crippen LogP contribution in [0.5, 0.6) is 0 Å². The molecule has 190 valence electrons. The first kappa shape index (κ1) is 29.6. The van der Waals surface area contributed by atoms with Crippen molar-refractivity contribution in [2.24, 2.45) is 10.7 Å². The Morgan fingerprint density at radius 1 is 0.909 bits per heavy atom. The number of carboxylic acids is 1. The van der Waals surface area contributed by atoms with Gasteiger partial charge in [-0.1, -0.05) is 115 Å². The van der Waals surface area contributed by atoms with Gasteiger partial charge in [-0.05, 0) is 12.8 Å². The molecule has 5 nitrogen and oxygen atoms in total. The molecule has 0 saturated heterocycles. The number of quaternary nitrogens is 1. The van der Waals surface area contributed by atoms with E-state index in [9.17, 15) is 9.90 Å². The van der Waals surface area contributed by atoms with Crippen LogP contribution in [0, 0.1) is 0 Å². The summed E-state index contributed by atoms with van der Waals surface area (Å²) < 4.78 is 0.0612. The van der Waals surface area contributed by atoms with Gasteiger partial charge in [0.25, 0.3) is 0 Å². The molecule has 0 spiro atoms. The summed E-state index contributed by atoms with van der Waals surface area (Å²) in [4.78, 5) is 15.5. The molecule has 0 aromatic heterocycles. The number of allylic oxidation sites excluding steroid dienone is 1.